The van der Waals surface area contributed by atoms with Gasteiger partial charge in [0.15, 0.2) is 6.19 Å². The van der Waals surface area contributed by atoms with Crippen molar-refractivity contribution in [1.82, 2.24) is 15.2 Å². The molecule has 0 saturated carbocycles. The number of hydrogen-bond acceptors (Lipinski definition) is 6. The molecule has 2 aromatic carbocycles. The normalized spacial score (nSPS) is 18.1. The zero-order valence-corrected chi connectivity index (χ0v) is 19.0. The second-order valence-electron chi connectivity index (χ2n) is 7.90. The highest BCUT2D eigenvalue weighted by atomic mass is 35.5. The average Bonchev–Trinajstić information content (AvgIpc) is 3.45. The Morgan fingerprint density at radius 1 is 1.26 bits per heavy atom. The monoisotopic (exact) mass is 479 g/mol. The van der Waals surface area contributed by atoms with Crippen LogP contribution in [0.2, 0.25) is 5.02 Å². The van der Waals surface area contributed by atoms with E-state index < -0.39 is 4.92 Å². The van der Waals surface area contributed by atoms with E-state index >= 15 is 0 Å². The first-order valence-corrected chi connectivity index (χ1v) is 11.2. The molecule has 4 rings (SSSR count). The molecule has 2 aliphatic rings. The molecule has 1 saturated heterocycles. The summed E-state index contributed by atoms with van der Waals surface area (Å²) in [7, 11) is 0. The van der Waals surface area contributed by atoms with Crippen molar-refractivity contribution in [2.75, 3.05) is 19.6 Å². The lowest BCUT2D eigenvalue weighted by Gasteiger charge is -2.25. The first kappa shape index (κ1) is 23.2. The van der Waals surface area contributed by atoms with Gasteiger partial charge in [-0.2, -0.15) is 10.4 Å². The van der Waals surface area contributed by atoms with Crippen LogP contribution in [0.15, 0.2) is 58.6 Å². The topological polar surface area (TPSA) is 127 Å². The van der Waals surface area contributed by atoms with E-state index in [9.17, 15) is 20.2 Å². The largest absolute Gasteiger partial charge is 0.332 e. The van der Waals surface area contributed by atoms with Crippen molar-refractivity contribution in [3.05, 3.63) is 74.8 Å². The Morgan fingerprint density at radius 2 is 2.00 bits per heavy atom. The third-order valence-electron chi connectivity index (χ3n) is 5.74. The fourth-order valence-corrected chi connectivity index (χ4v) is 4.17. The molecule has 1 fully saturated rings. The van der Waals surface area contributed by atoms with Crippen molar-refractivity contribution in [2.45, 2.75) is 25.3 Å². The zero-order chi connectivity index (χ0) is 24.1. The minimum absolute atomic E-state index is 0.0303. The summed E-state index contributed by atoms with van der Waals surface area (Å²) in [6.07, 6.45) is 3.75. The lowest BCUT2D eigenvalue weighted by molar-refractivity contribution is -0.384. The molecule has 1 atom stereocenters. The quantitative estimate of drug-likeness (QED) is 0.169. The number of hydrogen-bond donors (Lipinski definition) is 1. The molecule has 2 aromatic rings. The number of guanidine groups is 1. The minimum atomic E-state index is -0.442. The molecule has 2 aliphatic heterocycles. The van der Waals surface area contributed by atoms with Gasteiger partial charge in [-0.05, 0) is 30.5 Å². The SMILES string of the molecule is N#CNC(=NCCc1ccc([N+](=O)[O-])cc1)N1CC(N2CCCC2=O)C(c2ccc(Cl)cc2)=N1. The standard InChI is InChI=1S/C23H22ClN7O3/c24-18-7-5-17(6-8-18)22-20(29-13-1-2-21(29)32)14-30(28-22)23(27-15-25)26-12-11-16-3-9-19(10-4-16)31(33)34/h3-10,20H,1-2,11-14H2,(H,26,27). The molecule has 11 heteroatoms. The van der Waals surface area contributed by atoms with Crippen LogP contribution in [0.4, 0.5) is 5.69 Å². The van der Waals surface area contributed by atoms with Gasteiger partial charge in [-0.3, -0.25) is 25.2 Å². The maximum absolute atomic E-state index is 12.5. The molecular formula is C23H22ClN7O3. The number of nitro benzene ring substituents is 1. The van der Waals surface area contributed by atoms with Gasteiger partial charge in [-0.1, -0.05) is 35.9 Å². The molecule has 174 valence electrons. The van der Waals surface area contributed by atoms with Gasteiger partial charge in [0, 0.05) is 42.2 Å². The summed E-state index contributed by atoms with van der Waals surface area (Å²) in [6.45, 7) is 1.37. The van der Waals surface area contributed by atoms with Crippen molar-refractivity contribution in [3.63, 3.8) is 0 Å². The second-order valence-corrected chi connectivity index (χ2v) is 8.33. The number of halogens is 1. The molecule has 1 amide bonds. The van der Waals surface area contributed by atoms with E-state index in [2.05, 4.69) is 10.3 Å². The molecule has 1 N–H and O–H groups in total. The number of non-ortho nitro benzene ring substituents is 1. The number of amides is 1. The predicted molar refractivity (Wildman–Crippen MR) is 127 cm³/mol. The lowest BCUT2D eigenvalue weighted by atomic mass is 10.0. The third-order valence-corrected chi connectivity index (χ3v) is 5.99. The number of nitro groups is 1. The third kappa shape index (κ3) is 5.15. The molecule has 2 heterocycles. The summed E-state index contributed by atoms with van der Waals surface area (Å²) in [6, 6.07) is 13.3. The van der Waals surface area contributed by atoms with E-state index in [0.717, 1.165) is 23.3 Å². The van der Waals surface area contributed by atoms with Crippen LogP contribution in [0.25, 0.3) is 0 Å². The molecule has 0 radical (unpaired) electrons. The highest BCUT2D eigenvalue weighted by Crippen LogP contribution is 2.24. The van der Waals surface area contributed by atoms with Crippen molar-refractivity contribution in [3.8, 4) is 6.19 Å². The van der Waals surface area contributed by atoms with Crippen LogP contribution in [0, 0.1) is 21.6 Å². The summed E-state index contributed by atoms with van der Waals surface area (Å²) in [5.74, 6) is 0.364. The smallest absolute Gasteiger partial charge is 0.269 e. The van der Waals surface area contributed by atoms with Gasteiger partial charge in [0.25, 0.3) is 5.69 Å². The van der Waals surface area contributed by atoms with E-state index in [1.807, 2.05) is 23.2 Å². The number of nitrogens with zero attached hydrogens (tertiary/aromatic N) is 6. The second kappa shape index (κ2) is 10.3. The van der Waals surface area contributed by atoms with Crippen LogP contribution in [-0.2, 0) is 11.2 Å². The molecular weight excluding hydrogens is 458 g/mol. The molecule has 10 nitrogen and oxygen atoms in total. The Kier molecular flexibility index (Phi) is 7.04. The number of nitriles is 1. The molecule has 0 bridgehead atoms. The number of carbonyl (C=O) groups is 1. The molecule has 0 aromatic heterocycles. The van der Waals surface area contributed by atoms with E-state index in [0.29, 0.717) is 37.5 Å². The van der Waals surface area contributed by atoms with Crippen LogP contribution < -0.4 is 5.32 Å². The first-order chi connectivity index (χ1) is 16.5. The lowest BCUT2D eigenvalue weighted by Crippen LogP contribution is -2.45. The number of aliphatic imine (C=N–C) groups is 1. The van der Waals surface area contributed by atoms with Gasteiger partial charge in [-0.25, -0.2) is 5.01 Å². The minimum Gasteiger partial charge on any atom is -0.332 e. The number of nitrogens with one attached hydrogen (secondary N) is 1. The van der Waals surface area contributed by atoms with Crippen LogP contribution in [0.1, 0.15) is 24.0 Å². The Labute approximate surface area is 201 Å². The van der Waals surface area contributed by atoms with E-state index in [-0.39, 0.29) is 23.6 Å². The van der Waals surface area contributed by atoms with Crippen LogP contribution in [-0.4, -0.2) is 58.1 Å². The first-order valence-electron chi connectivity index (χ1n) is 10.8. The zero-order valence-electron chi connectivity index (χ0n) is 18.2. The van der Waals surface area contributed by atoms with E-state index in [1.54, 1.807) is 29.3 Å². The fraction of sp³-hybridized carbons (Fsp3) is 0.304. The Hall–Kier alpha value is -3.97. The number of benzene rings is 2. The highest BCUT2D eigenvalue weighted by molar-refractivity contribution is 6.30. The Bertz CT molecular complexity index is 1170. The maximum atomic E-state index is 12.5. The fourth-order valence-electron chi connectivity index (χ4n) is 4.05. The average molecular weight is 480 g/mol. The van der Waals surface area contributed by atoms with Gasteiger partial charge in [0.05, 0.1) is 23.2 Å². The van der Waals surface area contributed by atoms with Gasteiger partial charge >= 0.3 is 0 Å². The van der Waals surface area contributed by atoms with E-state index in [1.165, 1.54) is 12.1 Å². The number of likely N-dealkylation sites (tertiary alicyclic amines) is 1. The number of rotatable bonds is 6. The highest BCUT2D eigenvalue weighted by Gasteiger charge is 2.38. The van der Waals surface area contributed by atoms with Gasteiger partial charge in [-0.15, -0.1) is 0 Å². The van der Waals surface area contributed by atoms with Crippen molar-refractivity contribution >= 4 is 34.9 Å². The van der Waals surface area contributed by atoms with Crippen molar-refractivity contribution < 1.29 is 9.72 Å². The van der Waals surface area contributed by atoms with Crippen LogP contribution in [0.5, 0.6) is 0 Å². The van der Waals surface area contributed by atoms with Gasteiger partial charge in [0.1, 0.15) is 0 Å². The van der Waals surface area contributed by atoms with Crippen LogP contribution >= 0.6 is 11.6 Å². The summed E-state index contributed by atoms with van der Waals surface area (Å²) in [5.41, 5.74) is 2.48. The molecule has 0 spiro atoms. The van der Waals surface area contributed by atoms with E-state index in [4.69, 9.17) is 16.7 Å². The Balaban J connectivity index is 1.55. The number of hydrazone groups is 1. The molecule has 34 heavy (non-hydrogen) atoms. The van der Waals surface area contributed by atoms with Gasteiger partial charge < -0.3 is 4.90 Å². The summed E-state index contributed by atoms with van der Waals surface area (Å²) in [5, 5.41) is 29.6. The van der Waals surface area contributed by atoms with Gasteiger partial charge in [0.2, 0.25) is 11.9 Å². The molecule has 0 aliphatic carbocycles. The summed E-state index contributed by atoms with van der Waals surface area (Å²) >= 11 is 6.04. The Morgan fingerprint density at radius 3 is 2.62 bits per heavy atom. The van der Waals surface area contributed by atoms with Crippen molar-refractivity contribution in [1.29, 1.82) is 5.26 Å². The molecule has 1 unspecified atom stereocenters. The summed E-state index contributed by atoms with van der Waals surface area (Å²) in [4.78, 5) is 29.2. The number of carbonyl (C=O) groups excluding carboxylic acids is 1. The maximum Gasteiger partial charge on any atom is 0.269 e. The van der Waals surface area contributed by atoms with Crippen LogP contribution in [0.3, 0.4) is 0 Å². The predicted octanol–water partition coefficient (Wildman–Crippen LogP) is 2.93. The van der Waals surface area contributed by atoms with Crippen molar-refractivity contribution in [2.24, 2.45) is 10.1 Å². The summed E-state index contributed by atoms with van der Waals surface area (Å²) < 4.78 is 0.